The minimum atomic E-state index is -0.473. The van der Waals surface area contributed by atoms with Crippen LogP contribution in [0.2, 0.25) is 0 Å². The van der Waals surface area contributed by atoms with Crippen molar-refractivity contribution < 1.29 is 14.7 Å². The highest BCUT2D eigenvalue weighted by atomic mass is 16.5. The van der Waals surface area contributed by atoms with Crippen molar-refractivity contribution in [2.45, 2.75) is 39.0 Å². The molecule has 2 N–H and O–H groups in total. The van der Waals surface area contributed by atoms with E-state index >= 15 is 0 Å². The predicted octanol–water partition coefficient (Wildman–Crippen LogP) is 1.13. The number of carbonyl (C=O) groups excluding carboxylic acids is 1. The lowest BCUT2D eigenvalue weighted by atomic mass is 9.87. The number of rotatable bonds is 6. The molecule has 1 aromatic carbocycles. The number of nitrogens with zero attached hydrogens (tertiary/aromatic N) is 3. The van der Waals surface area contributed by atoms with Gasteiger partial charge >= 0.3 is 7.41 Å². The first-order valence-corrected chi connectivity index (χ1v) is 9.72. The molecule has 2 aliphatic rings. The van der Waals surface area contributed by atoms with Gasteiger partial charge in [-0.3, -0.25) is 19.8 Å². The SMILES string of the molecule is C[C@@H]1CN([B]C(=O)NO)C[C@H](C)N1Cc1cccc(CN2CCOCC2)c1. The number of morpholine rings is 1. The molecule has 0 aromatic heterocycles. The molecule has 27 heavy (non-hydrogen) atoms. The average molecular weight is 373 g/mol. The molecule has 8 heteroatoms. The van der Waals surface area contributed by atoms with Crippen LogP contribution >= 0.6 is 0 Å². The quantitative estimate of drug-likeness (QED) is 0.443. The van der Waals surface area contributed by atoms with Crippen LogP contribution in [0.1, 0.15) is 25.0 Å². The van der Waals surface area contributed by atoms with Gasteiger partial charge in [-0.2, -0.15) is 0 Å². The maximum absolute atomic E-state index is 11.4. The van der Waals surface area contributed by atoms with Crippen LogP contribution < -0.4 is 5.48 Å². The standard InChI is InChI=1S/C19H30BN4O3/c1-15-11-23(20-19(25)21-26)12-16(2)24(15)14-18-5-3-4-17(10-18)13-22-6-8-27-9-7-22/h3-5,10,15-16,26H,6-9,11-14H2,1-2H3,(H,21,25)/t15-,16+. The molecule has 2 fully saturated rings. The molecule has 0 saturated carbocycles. The summed E-state index contributed by atoms with van der Waals surface area (Å²) in [5.74, 6) is -0.473. The maximum Gasteiger partial charge on any atom is 0.331 e. The molecule has 0 unspecified atom stereocenters. The molecule has 2 aliphatic heterocycles. The number of hydrogen-bond acceptors (Lipinski definition) is 6. The zero-order valence-corrected chi connectivity index (χ0v) is 16.3. The predicted molar refractivity (Wildman–Crippen MR) is 105 cm³/mol. The zero-order valence-electron chi connectivity index (χ0n) is 16.3. The van der Waals surface area contributed by atoms with Gasteiger partial charge in [-0.25, -0.2) is 5.48 Å². The number of benzene rings is 1. The summed E-state index contributed by atoms with van der Waals surface area (Å²) in [5.41, 5.74) is 4.34. The van der Waals surface area contributed by atoms with E-state index in [1.165, 1.54) is 18.5 Å². The van der Waals surface area contributed by atoms with Crippen molar-refractivity contribution in [3.63, 3.8) is 0 Å². The fraction of sp³-hybridized carbons (Fsp3) is 0.632. The lowest BCUT2D eigenvalue weighted by molar-refractivity contribution is 0.0341. The summed E-state index contributed by atoms with van der Waals surface area (Å²) >= 11 is 0. The molecule has 0 bridgehead atoms. The van der Waals surface area contributed by atoms with Crippen molar-refractivity contribution in [2.75, 3.05) is 39.4 Å². The molecule has 0 spiro atoms. The largest absolute Gasteiger partial charge is 0.379 e. The Hall–Kier alpha value is -1.45. The van der Waals surface area contributed by atoms with E-state index in [2.05, 4.69) is 47.9 Å². The van der Waals surface area contributed by atoms with E-state index in [0.29, 0.717) is 12.1 Å². The van der Waals surface area contributed by atoms with Gasteiger partial charge in [0, 0.05) is 51.4 Å². The van der Waals surface area contributed by atoms with Crippen LogP contribution in [0.4, 0.5) is 4.79 Å². The van der Waals surface area contributed by atoms with Crippen molar-refractivity contribution in [3.05, 3.63) is 35.4 Å². The lowest BCUT2D eigenvalue weighted by Gasteiger charge is -2.44. The normalized spacial score (nSPS) is 25.3. The van der Waals surface area contributed by atoms with Gasteiger partial charge in [-0.05, 0) is 25.0 Å². The summed E-state index contributed by atoms with van der Waals surface area (Å²) < 4.78 is 5.43. The number of hydroxylamine groups is 1. The summed E-state index contributed by atoms with van der Waals surface area (Å²) in [6.45, 7) is 11.4. The van der Waals surface area contributed by atoms with E-state index in [-0.39, 0.29) is 0 Å². The Morgan fingerprint density at radius 1 is 1.19 bits per heavy atom. The first-order valence-electron chi connectivity index (χ1n) is 9.72. The molecule has 1 radical (unpaired) electrons. The number of amides is 1. The molecule has 7 nitrogen and oxygen atoms in total. The summed E-state index contributed by atoms with van der Waals surface area (Å²) in [6, 6.07) is 9.49. The third-order valence-electron chi connectivity index (χ3n) is 5.41. The lowest BCUT2D eigenvalue weighted by Crippen LogP contribution is -2.58. The molecule has 3 rings (SSSR count). The Morgan fingerprint density at radius 3 is 2.44 bits per heavy atom. The van der Waals surface area contributed by atoms with Gasteiger partial charge < -0.3 is 9.55 Å². The first kappa shape index (κ1) is 20.3. The van der Waals surface area contributed by atoms with Crippen LogP contribution in [0, 0.1) is 0 Å². The van der Waals surface area contributed by atoms with Gasteiger partial charge in [-0.15, -0.1) is 0 Å². The molecule has 147 valence electrons. The third-order valence-corrected chi connectivity index (χ3v) is 5.41. The molecule has 0 aliphatic carbocycles. The van der Waals surface area contributed by atoms with E-state index in [4.69, 9.17) is 9.94 Å². The molecular weight excluding hydrogens is 343 g/mol. The van der Waals surface area contributed by atoms with E-state index in [9.17, 15) is 4.79 Å². The fourth-order valence-electron chi connectivity index (χ4n) is 4.06. The van der Waals surface area contributed by atoms with Gasteiger partial charge in [-0.1, -0.05) is 24.3 Å². The van der Waals surface area contributed by atoms with Gasteiger partial charge in [0.2, 0.25) is 5.81 Å². The summed E-state index contributed by atoms with van der Waals surface area (Å²) in [5, 5.41) is 8.71. The van der Waals surface area contributed by atoms with Crippen LogP contribution in [0.3, 0.4) is 0 Å². The summed E-state index contributed by atoms with van der Waals surface area (Å²) in [4.78, 5) is 18.3. The van der Waals surface area contributed by atoms with E-state index in [0.717, 1.165) is 52.5 Å². The Kier molecular flexibility index (Phi) is 7.26. The Bertz CT molecular complexity index is 615. The molecule has 2 saturated heterocycles. The van der Waals surface area contributed by atoms with Crippen molar-refractivity contribution in [1.29, 1.82) is 0 Å². The van der Waals surface area contributed by atoms with Gasteiger partial charge in [0.25, 0.3) is 0 Å². The highest BCUT2D eigenvalue weighted by molar-refractivity contribution is 6.71. The van der Waals surface area contributed by atoms with Crippen molar-refractivity contribution in [2.24, 2.45) is 0 Å². The molecule has 1 aromatic rings. The smallest absolute Gasteiger partial charge is 0.331 e. The number of nitrogens with one attached hydrogen (secondary N) is 1. The number of hydrogen-bond donors (Lipinski definition) is 2. The first-order chi connectivity index (χ1) is 13.0. The van der Waals surface area contributed by atoms with Crippen LogP contribution in [0.5, 0.6) is 0 Å². The monoisotopic (exact) mass is 373 g/mol. The number of piperazine rings is 1. The number of ether oxygens (including phenoxy) is 1. The highest BCUT2D eigenvalue weighted by Crippen LogP contribution is 2.20. The summed E-state index contributed by atoms with van der Waals surface area (Å²) in [6.07, 6.45) is 0. The van der Waals surface area contributed by atoms with E-state index in [1.54, 1.807) is 5.48 Å². The van der Waals surface area contributed by atoms with Gasteiger partial charge in [0.05, 0.1) is 13.2 Å². The molecule has 2 heterocycles. The number of carbonyl (C=O) groups is 1. The second-order valence-corrected chi connectivity index (χ2v) is 7.64. The van der Waals surface area contributed by atoms with E-state index < -0.39 is 5.81 Å². The van der Waals surface area contributed by atoms with Crippen molar-refractivity contribution in [1.82, 2.24) is 20.1 Å². The topological polar surface area (TPSA) is 68.3 Å². The van der Waals surface area contributed by atoms with Crippen LogP contribution in [0.25, 0.3) is 0 Å². The Balaban J connectivity index is 1.58. The second-order valence-electron chi connectivity index (χ2n) is 7.64. The minimum Gasteiger partial charge on any atom is -0.379 e. The van der Waals surface area contributed by atoms with E-state index in [1.807, 2.05) is 4.81 Å². The fourth-order valence-corrected chi connectivity index (χ4v) is 4.06. The molecule has 2 atom stereocenters. The third kappa shape index (κ3) is 5.76. The second kappa shape index (κ2) is 9.66. The van der Waals surface area contributed by atoms with Gasteiger partial charge in [0.15, 0.2) is 0 Å². The van der Waals surface area contributed by atoms with Crippen LogP contribution in [0.15, 0.2) is 24.3 Å². The molecule has 1 amide bonds. The summed E-state index contributed by atoms with van der Waals surface area (Å²) in [7, 11) is 1.45. The Morgan fingerprint density at radius 2 is 1.81 bits per heavy atom. The molecular formula is C19H30BN4O3. The minimum absolute atomic E-state index is 0.319. The zero-order chi connectivity index (χ0) is 19.2. The van der Waals surface area contributed by atoms with Crippen LogP contribution in [-0.4, -0.2) is 84.5 Å². The average Bonchev–Trinajstić information content (AvgIpc) is 2.66. The highest BCUT2D eigenvalue weighted by Gasteiger charge is 2.30. The Labute approximate surface area is 162 Å². The van der Waals surface area contributed by atoms with Crippen molar-refractivity contribution in [3.8, 4) is 0 Å². The maximum atomic E-state index is 11.4. The van der Waals surface area contributed by atoms with Crippen LogP contribution in [-0.2, 0) is 17.8 Å². The van der Waals surface area contributed by atoms with Gasteiger partial charge in [0.1, 0.15) is 0 Å². The van der Waals surface area contributed by atoms with Crippen molar-refractivity contribution >= 4 is 13.2 Å².